The van der Waals surface area contributed by atoms with Gasteiger partial charge in [-0.15, -0.1) is 11.6 Å². The van der Waals surface area contributed by atoms with E-state index in [1.807, 2.05) is 18.2 Å². The van der Waals surface area contributed by atoms with E-state index >= 15 is 0 Å². The number of nitrogens with zero attached hydrogens (tertiary/aromatic N) is 3. The number of rotatable bonds is 5. The second-order valence-electron chi connectivity index (χ2n) is 3.39. The minimum absolute atomic E-state index is 0.602. The Kier molecular flexibility index (Phi) is 3.88. The number of pyridine rings is 1. The van der Waals surface area contributed by atoms with E-state index in [4.69, 9.17) is 16.1 Å². The Balaban J connectivity index is 1.97. The molecule has 2 aromatic heterocycles. The van der Waals surface area contributed by atoms with Crippen molar-refractivity contribution in [3.63, 3.8) is 0 Å². The highest BCUT2D eigenvalue weighted by Gasteiger charge is 2.06. The summed E-state index contributed by atoms with van der Waals surface area (Å²) in [5, 5.41) is 3.90. The van der Waals surface area contributed by atoms with Crippen LogP contribution in [0.15, 0.2) is 28.9 Å². The Morgan fingerprint density at radius 1 is 1.31 bits per heavy atom. The predicted octanol–water partition coefficient (Wildman–Crippen LogP) is 2.23. The molecule has 16 heavy (non-hydrogen) atoms. The molecule has 84 valence electrons. The van der Waals surface area contributed by atoms with Crippen LogP contribution < -0.4 is 0 Å². The molecule has 2 aromatic rings. The summed E-state index contributed by atoms with van der Waals surface area (Å²) >= 11 is 5.59. The lowest BCUT2D eigenvalue weighted by molar-refractivity contribution is 0.373. The van der Waals surface area contributed by atoms with E-state index in [-0.39, 0.29) is 0 Å². The van der Waals surface area contributed by atoms with Gasteiger partial charge < -0.3 is 4.52 Å². The van der Waals surface area contributed by atoms with Gasteiger partial charge in [0.15, 0.2) is 5.82 Å². The van der Waals surface area contributed by atoms with Crippen molar-refractivity contribution < 1.29 is 4.52 Å². The molecule has 0 saturated heterocycles. The lowest BCUT2D eigenvalue weighted by Gasteiger charge is -1.93. The molecule has 0 N–H and O–H groups in total. The van der Waals surface area contributed by atoms with Crippen molar-refractivity contribution in [1.82, 2.24) is 15.1 Å². The SMILES string of the molecule is ClCCCc1nc(Cc2ccccn2)no1. The van der Waals surface area contributed by atoms with Crippen LogP contribution in [-0.2, 0) is 12.8 Å². The summed E-state index contributed by atoms with van der Waals surface area (Å²) in [5.41, 5.74) is 0.937. The Morgan fingerprint density at radius 3 is 3.00 bits per heavy atom. The van der Waals surface area contributed by atoms with Crippen molar-refractivity contribution in [3.05, 3.63) is 41.8 Å². The van der Waals surface area contributed by atoms with Crippen LogP contribution in [0.1, 0.15) is 23.8 Å². The quantitative estimate of drug-likeness (QED) is 0.749. The van der Waals surface area contributed by atoms with Crippen LogP contribution in [-0.4, -0.2) is 21.0 Å². The monoisotopic (exact) mass is 237 g/mol. The first kappa shape index (κ1) is 11.1. The molecule has 0 aliphatic heterocycles. The van der Waals surface area contributed by atoms with Gasteiger partial charge in [-0.1, -0.05) is 11.2 Å². The molecule has 2 rings (SSSR count). The van der Waals surface area contributed by atoms with Crippen molar-refractivity contribution in [2.45, 2.75) is 19.3 Å². The highest BCUT2D eigenvalue weighted by atomic mass is 35.5. The first-order valence-corrected chi connectivity index (χ1v) is 5.69. The lowest BCUT2D eigenvalue weighted by atomic mass is 10.2. The minimum atomic E-state index is 0.602. The van der Waals surface area contributed by atoms with Gasteiger partial charge in [0.25, 0.3) is 0 Å². The topological polar surface area (TPSA) is 51.8 Å². The summed E-state index contributed by atoms with van der Waals surface area (Å²) in [6.07, 6.45) is 3.94. The van der Waals surface area contributed by atoms with Gasteiger partial charge in [-0.25, -0.2) is 0 Å². The maximum atomic E-state index is 5.59. The molecular formula is C11H12ClN3O. The normalized spacial score (nSPS) is 10.6. The first-order valence-electron chi connectivity index (χ1n) is 5.16. The molecule has 0 unspecified atom stereocenters. The van der Waals surface area contributed by atoms with Gasteiger partial charge >= 0.3 is 0 Å². The largest absolute Gasteiger partial charge is 0.339 e. The van der Waals surface area contributed by atoms with Gasteiger partial charge in [-0.2, -0.15) is 4.98 Å². The fraction of sp³-hybridized carbons (Fsp3) is 0.364. The minimum Gasteiger partial charge on any atom is -0.339 e. The molecule has 0 amide bonds. The highest BCUT2D eigenvalue weighted by molar-refractivity contribution is 6.17. The van der Waals surface area contributed by atoms with Crippen LogP contribution in [0.2, 0.25) is 0 Å². The second kappa shape index (κ2) is 5.61. The molecule has 0 bridgehead atoms. The van der Waals surface area contributed by atoms with Gasteiger partial charge in [-0.3, -0.25) is 4.98 Å². The zero-order valence-electron chi connectivity index (χ0n) is 8.77. The van der Waals surface area contributed by atoms with Crippen LogP contribution in [0.4, 0.5) is 0 Å². The molecular weight excluding hydrogens is 226 g/mol. The number of hydrogen-bond donors (Lipinski definition) is 0. The number of halogens is 1. The standard InChI is InChI=1S/C11H12ClN3O/c12-6-3-5-11-14-10(15-16-11)8-9-4-1-2-7-13-9/h1-2,4,7H,3,5-6,8H2. The van der Waals surface area contributed by atoms with Crippen LogP contribution in [0.25, 0.3) is 0 Å². The van der Waals surface area contributed by atoms with E-state index in [0.717, 1.165) is 18.5 Å². The third-order valence-corrected chi connectivity index (χ3v) is 2.37. The average molecular weight is 238 g/mol. The molecule has 0 aliphatic carbocycles. The number of hydrogen-bond acceptors (Lipinski definition) is 4. The Hall–Kier alpha value is -1.42. The number of aromatic nitrogens is 3. The van der Waals surface area contributed by atoms with Gasteiger partial charge in [-0.05, 0) is 18.6 Å². The van der Waals surface area contributed by atoms with Gasteiger partial charge in [0.05, 0.1) is 6.42 Å². The summed E-state index contributed by atoms with van der Waals surface area (Å²) in [4.78, 5) is 8.47. The zero-order chi connectivity index (χ0) is 11.2. The Labute approximate surface area is 98.7 Å². The van der Waals surface area contributed by atoms with Crippen molar-refractivity contribution in [3.8, 4) is 0 Å². The summed E-state index contributed by atoms with van der Waals surface area (Å²) in [5.74, 6) is 1.92. The molecule has 0 aromatic carbocycles. The Bertz CT molecular complexity index is 430. The molecule has 0 fully saturated rings. The average Bonchev–Trinajstić information content (AvgIpc) is 2.75. The van der Waals surface area contributed by atoms with Gasteiger partial charge in [0, 0.05) is 24.2 Å². The summed E-state index contributed by atoms with van der Waals surface area (Å²) in [7, 11) is 0. The Morgan fingerprint density at radius 2 is 2.25 bits per heavy atom. The lowest BCUT2D eigenvalue weighted by Crippen LogP contribution is -1.94. The van der Waals surface area contributed by atoms with Crippen molar-refractivity contribution >= 4 is 11.6 Å². The fourth-order valence-corrected chi connectivity index (χ4v) is 1.48. The van der Waals surface area contributed by atoms with Crippen LogP contribution in [0.5, 0.6) is 0 Å². The van der Waals surface area contributed by atoms with E-state index < -0.39 is 0 Å². The van der Waals surface area contributed by atoms with Crippen molar-refractivity contribution in [2.24, 2.45) is 0 Å². The smallest absolute Gasteiger partial charge is 0.226 e. The number of aryl methyl sites for hydroxylation is 1. The third kappa shape index (κ3) is 3.03. The molecule has 0 radical (unpaired) electrons. The van der Waals surface area contributed by atoms with E-state index in [9.17, 15) is 0 Å². The van der Waals surface area contributed by atoms with Crippen molar-refractivity contribution in [2.75, 3.05) is 5.88 Å². The molecule has 0 atom stereocenters. The van der Waals surface area contributed by atoms with E-state index in [2.05, 4.69) is 15.1 Å². The van der Waals surface area contributed by atoms with Crippen LogP contribution in [0, 0.1) is 0 Å². The first-order chi connectivity index (χ1) is 7.88. The van der Waals surface area contributed by atoms with Crippen molar-refractivity contribution in [1.29, 1.82) is 0 Å². The van der Waals surface area contributed by atoms with E-state index in [1.54, 1.807) is 6.20 Å². The predicted molar refractivity (Wildman–Crippen MR) is 60.4 cm³/mol. The van der Waals surface area contributed by atoms with Gasteiger partial charge in [0.1, 0.15) is 0 Å². The maximum Gasteiger partial charge on any atom is 0.226 e. The fourth-order valence-electron chi connectivity index (χ4n) is 1.35. The molecule has 0 spiro atoms. The van der Waals surface area contributed by atoms with Crippen LogP contribution in [0.3, 0.4) is 0 Å². The molecule has 4 nitrogen and oxygen atoms in total. The van der Waals surface area contributed by atoms with E-state index in [1.165, 1.54) is 0 Å². The van der Waals surface area contributed by atoms with E-state index in [0.29, 0.717) is 24.0 Å². The zero-order valence-corrected chi connectivity index (χ0v) is 9.52. The van der Waals surface area contributed by atoms with Crippen LogP contribution >= 0.6 is 11.6 Å². The summed E-state index contributed by atoms with van der Waals surface area (Å²) in [6, 6.07) is 5.76. The second-order valence-corrected chi connectivity index (χ2v) is 3.77. The molecule has 2 heterocycles. The number of alkyl halides is 1. The summed E-state index contributed by atoms with van der Waals surface area (Å²) < 4.78 is 5.09. The highest BCUT2D eigenvalue weighted by Crippen LogP contribution is 2.06. The van der Waals surface area contributed by atoms with Gasteiger partial charge in [0.2, 0.25) is 5.89 Å². The maximum absolute atomic E-state index is 5.59. The molecule has 0 aliphatic rings. The molecule has 5 heteroatoms. The summed E-state index contributed by atoms with van der Waals surface area (Å²) in [6.45, 7) is 0. The third-order valence-electron chi connectivity index (χ3n) is 2.10. The molecule has 0 saturated carbocycles.